The number of para-hydroxylation sites is 1. The van der Waals surface area contributed by atoms with Crippen molar-refractivity contribution in [3.63, 3.8) is 0 Å². The van der Waals surface area contributed by atoms with Crippen molar-refractivity contribution >= 4 is 12.0 Å². The molecule has 2 aromatic rings. The van der Waals surface area contributed by atoms with Gasteiger partial charge in [-0.25, -0.2) is 4.39 Å². The second-order valence-electron chi connectivity index (χ2n) is 4.65. The third kappa shape index (κ3) is 4.74. The van der Waals surface area contributed by atoms with Gasteiger partial charge >= 0.3 is 0 Å². The molecule has 0 spiro atoms. The van der Waals surface area contributed by atoms with Crippen LogP contribution in [0.5, 0.6) is 5.75 Å². The molecule has 0 atom stereocenters. The standard InChI is InChI=1S/C18H18FNO2/c1-2-22-17-9-4-3-7-15(17)13-20-18(21)11-10-14-6-5-8-16(19)12-14/h3-12H,2,13H2,1H3,(H,20,21)/b11-10+. The number of carbonyl (C=O) groups excluding carboxylic acids is 1. The molecule has 3 nitrogen and oxygen atoms in total. The average Bonchev–Trinajstić information content (AvgIpc) is 2.52. The van der Waals surface area contributed by atoms with E-state index >= 15 is 0 Å². The summed E-state index contributed by atoms with van der Waals surface area (Å²) in [5.74, 6) is 0.197. The van der Waals surface area contributed by atoms with Gasteiger partial charge in [-0.1, -0.05) is 30.3 Å². The minimum Gasteiger partial charge on any atom is -0.494 e. The van der Waals surface area contributed by atoms with Crippen LogP contribution in [0.1, 0.15) is 18.1 Å². The molecule has 2 rings (SSSR count). The third-order valence-corrected chi connectivity index (χ3v) is 3.00. The highest BCUT2D eigenvalue weighted by Gasteiger charge is 2.03. The quantitative estimate of drug-likeness (QED) is 0.828. The molecule has 114 valence electrons. The highest BCUT2D eigenvalue weighted by Crippen LogP contribution is 2.17. The number of nitrogens with one attached hydrogen (secondary N) is 1. The smallest absolute Gasteiger partial charge is 0.244 e. The molecule has 0 bridgehead atoms. The summed E-state index contributed by atoms with van der Waals surface area (Å²) in [6, 6.07) is 13.6. The van der Waals surface area contributed by atoms with E-state index in [1.807, 2.05) is 31.2 Å². The van der Waals surface area contributed by atoms with Gasteiger partial charge in [0.1, 0.15) is 11.6 Å². The van der Waals surface area contributed by atoms with E-state index in [2.05, 4.69) is 5.32 Å². The van der Waals surface area contributed by atoms with Crippen LogP contribution in [0.3, 0.4) is 0 Å². The van der Waals surface area contributed by atoms with Crippen molar-refractivity contribution in [2.45, 2.75) is 13.5 Å². The lowest BCUT2D eigenvalue weighted by molar-refractivity contribution is -0.116. The zero-order chi connectivity index (χ0) is 15.8. The van der Waals surface area contributed by atoms with E-state index in [0.717, 1.165) is 11.3 Å². The van der Waals surface area contributed by atoms with Crippen molar-refractivity contribution in [2.24, 2.45) is 0 Å². The topological polar surface area (TPSA) is 38.3 Å². The molecule has 0 radical (unpaired) electrons. The molecule has 22 heavy (non-hydrogen) atoms. The van der Waals surface area contributed by atoms with Crippen LogP contribution in [0, 0.1) is 5.82 Å². The summed E-state index contributed by atoms with van der Waals surface area (Å²) in [7, 11) is 0. The van der Waals surface area contributed by atoms with Crippen LogP contribution in [0.2, 0.25) is 0 Å². The highest BCUT2D eigenvalue weighted by molar-refractivity contribution is 5.91. The van der Waals surface area contributed by atoms with Gasteiger partial charge in [-0.15, -0.1) is 0 Å². The highest BCUT2D eigenvalue weighted by atomic mass is 19.1. The van der Waals surface area contributed by atoms with Crippen molar-refractivity contribution < 1.29 is 13.9 Å². The van der Waals surface area contributed by atoms with Gasteiger partial charge < -0.3 is 10.1 Å². The minimum atomic E-state index is -0.326. The predicted octanol–water partition coefficient (Wildman–Crippen LogP) is 3.55. The lowest BCUT2D eigenvalue weighted by atomic mass is 10.2. The van der Waals surface area contributed by atoms with Crippen molar-refractivity contribution in [3.8, 4) is 5.75 Å². The number of amides is 1. The Bertz CT molecular complexity index is 668. The molecule has 0 aliphatic carbocycles. The fourth-order valence-corrected chi connectivity index (χ4v) is 1.97. The Balaban J connectivity index is 1.93. The van der Waals surface area contributed by atoms with E-state index in [1.165, 1.54) is 18.2 Å². The Morgan fingerprint density at radius 3 is 2.82 bits per heavy atom. The Morgan fingerprint density at radius 2 is 2.05 bits per heavy atom. The monoisotopic (exact) mass is 299 g/mol. The molecule has 0 aliphatic rings. The minimum absolute atomic E-state index is 0.240. The zero-order valence-electron chi connectivity index (χ0n) is 12.4. The maximum Gasteiger partial charge on any atom is 0.244 e. The molecule has 0 aromatic heterocycles. The first kappa shape index (κ1) is 15.8. The van der Waals surface area contributed by atoms with Crippen molar-refractivity contribution in [1.29, 1.82) is 0 Å². The first-order valence-corrected chi connectivity index (χ1v) is 7.11. The Kier molecular flexibility index (Phi) is 5.72. The summed E-state index contributed by atoms with van der Waals surface area (Å²) in [6.07, 6.45) is 2.96. The van der Waals surface area contributed by atoms with Crippen LogP contribution in [0.25, 0.3) is 6.08 Å². The lowest BCUT2D eigenvalue weighted by Gasteiger charge is -2.10. The summed E-state index contributed by atoms with van der Waals surface area (Å²) in [4.78, 5) is 11.8. The maximum absolute atomic E-state index is 13.0. The van der Waals surface area contributed by atoms with E-state index in [9.17, 15) is 9.18 Å². The number of carbonyl (C=O) groups is 1. The summed E-state index contributed by atoms with van der Waals surface area (Å²) in [6.45, 7) is 2.87. The predicted molar refractivity (Wildman–Crippen MR) is 84.9 cm³/mol. The van der Waals surface area contributed by atoms with Crippen LogP contribution < -0.4 is 10.1 Å². The van der Waals surface area contributed by atoms with Gasteiger partial charge in [0.25, 0.3) is 0 Å². The second kappa shape index (κ2) is 7.98. The molecule has 0 saturated heterocycles. The van der Waals surface area contributed by atoms with Crippen molar-refractivity contribution in [3.05, 3.63) is 71.6 Å². The van der Waals surface area contributed by atoms with Crippen molar-refractivity contribution in [2.75, 3.05) is 6.61 Å². The number of rotatable bonds is 6. The van der Waals surface area contributed by atoms with Crippen LogP contribution in [0.4, 0.5) is 4.39 Å². The molecule has 0 heterocycles. The van der Waals surface area contributed by atoms with Crippen LogP contribution in [0.15, 0.2) is 54.6 Å². The molecular formula is C18H18FNO2. The first-order chi connectivity index (χ1) is 10.7. The molecule has 1 amide bonds. The SMILES string of the molecule is CCOc1ccccc1CNC(=O)/C=C/c1cccc(F)c1. The zero-order valence-corrected chi connectivity index (χ0v) is 12.4. The number of benzene rings is 2. The molecule has 0 unspecified atom stereocenters. The van der Waals surface area contributed by atoms with E-state index in [-0.39, 0.29) is 11.7 Å². The largest absolute Gasteiger partial charge is 0.494 e. The van der Waals surface area contributed by atoms with Crippen molar-refractivity contribution in [1.82, 2.24) is 5.32 Å². The number of halogens is 1. The van der Waals surface area contributed by atoms with Gasteiger partial charge in [0, 0.05) is 18.2 Å². The summed E-state index contributed by atoms with van der Waals surface area (Å²) in [5.41, 5.74) is 1.56. The molecule has 0 saturated carbocycles. The van der Waals surface area contributed by atoms with Gasteiger partial charge in [-0.2, -0.15) is 0 Å². The summed E-state index contributed by atoms with van der Waals surface area (Å²) < 4.78 is 18.5. The van der Waals surface area contributed by atoms with E-state index in [4.69, 9.17) is 4.74 Å². The Labute approximate surface area is 129 Å². The van der Waals surface area contributed by atoms with Gasteiger partial charge in [0.2, 0.25) is 5.91 Å². The van der Waals surface area contributed by atoms with Crippen LogP contribution in [-0.2, 0) is 11.3 Å². The fraction of sp³-hybridized carbons (Fsp3) is 0.167. The average molecular weight is 299 g/mol. The lowest BCUT2D eigenvalue weighted by Crippen LogP contribution is -2.20. The molecule has 2 aromatic carbocycles. The van der Waals surface area contributed by atoms with Gasteiger partial charge in [0.05, 0.1) is 6.61 Å². The molecular weight excluding hydrogens is 281 g/mol. The molecule has 1 N–H and O–H groups in total. The number of hydrogen-bond donors (Lipinski definition) is 1. The fourth-order valence-electron chi connectivity index (χ4n) is 1.97. The Hall–Kier alpha value is -2.62. The first-order valence-electron chi connectivity index (χ1n) is 7.11. The van der Waals surface area contributed by atoms with E-state index < -0.39 is 0 Å². The Morgan fingerprint density at radius 1 is 1.23 bits per heavy atom. The van der Waals surface area contributed by atoms with Crippen LogP contribution in [-0.4, -0.2) is 12.5 Å². The normalized spacial score (nSPS) is 10.6. The van der Waals surface area contributed by atoms with Gasteiger partial charge in [-0.3, -0.25) is 4.79 Å². The molecule has 0 fully saturated rings. The molecule has 4 heteroatoms. The number of hydrogen-bond acceptors (Lipinski definition) is 2. The third-order valence-electron chi connectivity index (χ3n) is 3.00. The van der Waals surface area contributed by atoms with E-state index in [1.54, 1.807) is 18.2 Å². The van der Waals surface area contributed by atoms with Gasteiger partial charge in [-0.05, 0) is 36.8 Å². The second-order valence-corrected chi connectivity index (χ2v) is 4.65. The van der Waals surface area contributed by atoms with Crippen LogP contribution >= 0.6 is 0 Å². The summed E-state index contributed by atoms with van der Waals surface area (Å²) >= 11 is 0. The van der Waals surface area contributed by atoms with E-state index in [0.29, 0.717) is 18.7 Å². The molecule has 0 aliphatic heterocycles. The summed E-state index contributed by atoms with van der Waals surface area (Å²) in [5, 5.41) is 2.78. The maximum atomic E-state index is 13.0. The van der Waals surface area contributed by atoms with Gasteiger partial charge in [0.15, 0.2) is 0 Å². The number of ether oxygens (including phenoxy) is 1.